The highest BCUT2D eigenvalue weighted by Crippen LogP contribution is 2.30. The zero-order chi connectivity index (χ0) is 14.2. The summed E-state index contributed by atoms with van der Waals surface area (Å²) in [7, 11) is 0. The van der Waals surface area contributed by atoms with Crippen LogP contribution in [-0.2, 0) is 19.3 Å². The van der Waals surface area contributed by atoms with Gasteiger partial charge in [-0.1, -0.05) is 22.0 Å². The molecule has 2 aromatic carbocycles. The standard InChI is InChI=1S/C18H18BrNO/c19-15-3-1-13-10-16(4-2-12(13)9-15)20-17-5-6-18-14(11-17)7-8-21-18/h1,3,5-6,9,11,16,20H,2,4,7-8,10H2. The average Bonchev–Trinajstić information content (AvgIpc) is 2.95. The predicted octanol–water partition coefficient (Wildman–Crippen LogP) is 4.35. The summed E-state index contributed by atoms with van der Waals surface area (Å²) in [5.74, 6) is 1.05. The van der Waals surface area contributed by atoms with Gasteiger partial charge in [0.25, 0.3) is 0 Å². The van der Waals surface area contributed by atoms with E-state index in [9.17, 15) is 0 Å². The molecule has 4 rings (SSSR count). The van der Waals surface area contributed by atoms with E-state index >= 15 is 0 Å². The predicted molar refractivity (Wildman–Crippen MR) is 89.2 cm³/mol. The lowest BCUT2D eigenvalue weighted by atomic mass is 9.88. The Morgan fingerprint density at radius 2 is 1.95 bits per heavy atom. The Morgan fingerprint density at radius 1 is 1.00 bits per heavy atom. The van der Waals surface area contributed by atoms with Crippen LogP contribution in [0.15, 0.2) is 40.9 Å². The molecule has 0 saturated heterocycles. The van der Waals surface area contributed by atoms with Crippen LogP contribution in [0.4, 0.5) is 5.69 Å². The minimum absolute atomic E-state index is 0.527. The maximum atomic E-state index is 5.57. The molecule has 3 heteroatoms. The van der Waals surface area contributed by atoms with Gasteiger partial charge in [0.15, 0.2) is 0 Å². The second-order valence-electron chi connectivity index (χ2n) is 5.92. The van der Waals surface area contributed by atoms with Gasteiger partial charge in [-0.25, -0.2) is 0 Å². The molecule has 0 radical (unpaired) electrons. The molecule has 1 aliphatic heterocycles. The van der Waals surface area contributed by atoms with Crippen molar-refractivity contribution < 1.29 is 4.74 Å². The van der Waals surface area contributed by atoms with Crippen molar-refractivity contribution in [3.05, 3.63) is 57.6 Å². The molecule has 0 bridgehead atoms. The Morgan fingerprint density at radius 3 is 2.90 bits per heavy atom. The number of anilines is 1. The molecular formula is C18H18BrNO. The second kappa shape index (κ2) is 5.38. The van der Waals surface area contributed by atoms with Gasteiger partial charge >= 0.3 is 0 Å². The maximum Gasteiger partial charge on any atom is 0.122 e. The van der Waals surface area contributed by atoms with Crippen LogP contribution in [0.3, 0.4) is 0 Å². The SMILES string of the molecule is Brc1ccc2c(c1)CCC(Nc1ccc3c(c1)CCO3)C2. The highest BCUT2D eigenvalue weighted by atomic mass is 79.9. The molecule has 2 aliphatic rings. The molecule has 21 heavy (non-hydrogen) atoms. The summed E-state index contributed by atoms with van der Waals surface area (Å²) < 4.78 is 6.76. The number of nitrogens with one attached hydrogen (secondary N) is 1. The Hall–Kier alpha value is -1.48. The van der Waals surface area contributed by atoms with Gasteiger partial charge in [-0.15, -0.1) is 0 Å². The monoisotopic (exact) mass is 343 g/mol. The summed E-state index contributed by atoms with van der Waals surface area (Å²) >= 11 is 3.56. The van der Waals surface area contributed by atoms with Gasteiger partial charge in [0, 0.05) is 22.6 Å². The summed E-state index contributed by atoms with van der Waals surface area (Å²) in [6.45, 7) is 0.824. The Balaban J connectivity index is 1.50. The lowest BCUT2D eigenvalue weighted by molar-refractivity contribution is 0.357. The van der Waals surface area contributed by atoms with E-state index in [1.165, 1.54) is 33.3 Å². The molecule has 0 saturated carbocycles. The van der Waals surface area contributed by atoms with Gasteiger partial charge in [-0.3, -0.25) is 0 Å². The summed E-state index contributed by atoms with van der Waals surface area (Å²) in [4.78, 5) is 0. The molecule has 0 aromatic heterocycles. The summed E-state index contributed by atoms with van der Waals surface area (Å²) in [6.07, 6.45) is 4.49. The van der Waals surface area contributed by atoms with Crippen molar-refractivity contribution in [2.75, 3.05) is 11.9 Å². The molecular weight excluding hydrogens is 326 g/mol. The molecule has 1 N–H and O–H groups in total. The molecule has 0 fully saturated rings. The molecule has 0 spiro atoms. The van der Waals surface area contributed by atoms with Crippen molar-refractivity contribution in [2.45, 2.75) is 31.7 Å². The fourth-order valence-electron chi connectivity index (χ4n) is 3.36. The first-order chi connectivity index (χ1) is 10.3. The molecule has 108 valence electrons. The van der Waals surface area contributed by atoms with E-state index in [-0.39, 0.29) is 0 Å². The Kier molecular flexibility index (Phi) is 3.38. The minimum Gasteiger partial charge on any atom is -0.493 e. The molecule has 1 unspecified atom stereocenters. The van der Waals surface area contributed by atoms with Crippen molar-refractivity contribution in [3.8, 4) is 5.75 Å². The number of aryl methyl sites for hydroxylation is 1. The van der Waals surface area contributed by atoms with E-state index in [4.69, 9.17) is 4.74 Å². The number of rotatable bonds is 2. The smallest absolute Gasteiger partial charge is 0.122 e. The lowest BCUT2D eigenvalue weighted by Crippen LogP contribution is -2.27. The van der Waals surface area contributed by atoms with Gasteiger partial charge in [-0.2, -0.15) is 0 Å². The van der Waals surface area contributed by atoms with Crippen molar-refractivity contribution in [1.82, 2.24) is 0 Å². The lowest BCUT2D eigenvalue weighted by Gasteiger charge is -2.26. The van der Waals surface area contributed by atoms with Crippen molar-refractivity contribution >= 4 is 21.6 Å². The topological polar surface area (TPSA) is 21.3 Å². The van der Waals surface area contributed by atoms with Gasteiger partial charge in [-0.05, 0) is 66.3 Å². The first-order valence-electron chi connectivity index (χ1n) is 7.57. The fourth-order valence-corrected chi connectivity index (χ4v) is 3.77. The number of halogens is 1. The van der Waals surface area contributed by atoms with Gasteiger partial charge in [0.2, 0.25) is 0 Å². The van der Waals surface area contributed by atoms with Crippen LogP contribution in [0.1, 0.15) is 23.1 Å². The van der Waals surface area contributed by atoms with Crippen LogP contribution in [-0.4, -0.2) is 12.6 Å². The van der Waals surface area contributed by atoms with E-state index in [1.54, 1.807) is 0 Å². The van der Waals surface area contributed by atoms with E-state index in [0.29, 0.717) is 6.04 Å². The van der Waals surface area contributed by atoms with Crippen LogP contribution >= 0.6 is 15.9 Å². The molecule has 1 atom stereocenters. The van der Waals surface area contributed by atoms with Crippen molar-refractivity contribution in [2.24, 2.45) is 0 Å². The first kappa shape index (κ1) is 13.2. The highest BCUT2D eigenvalue weighted by molar-refractivity contribution is 9.10. The maximum absolute atomic E-state index is 5.57. The molecule has 2 nitrogen and oxygen atoms in total. The highest BCUT2D eigenvalue weighted by Gasteiger charge is 2.19. The molecule has 0 amide bonds. The van der Waals surface area contributed by atoms with Crippen LogP contribution < -0.4 is 10.1 Å². The third-order valence-electron chi connectivity index (χ3n) is 4.46. The van der Waals surface area contributed by atoms with E-state index in [2.05, 4.69) is 57.6 Å². The molecule has 1 heterocycles. The second-order valence-corrected chi connectivity index (χ2v) is 6.83. The minimum atomic E-state index is 0.527. The Bertz CT molecular complexity index is 683. The quantitative estimate of drug-likeness (QED) is 0.874. The summed E-state index contributed by atoms with van der Waals surface area (Å²) in [6, 6.07) is 13.7. The number of hydrogen-bond acceptors (Lipinski definition) is 2. The zero-order valence-electron chi connectivity index (χ0n) is 11.9. The fraction of sp³-hybridized carbons (Fsp3) is 0.333. The van der Waals surface area contributed by atoms with Crippen molar-refractivity contribution in [1.29, 1.82) is 0 Å². The van der Waals surface area contributed by atoms with Crippen LogP contribution in [0.2, 0.25) is 0 Å². The number of fused-ring (bicyclic) bond motifs is 2. The number of ether oxygens (including phenoxy) is 1. The van der Waals surface area contributed by atoms with Gasteiger partial charge in [0.05, 0.1) is 6.61 Å². The average molecular weight is 344 g/mol. The van der Waals surface area contributed by atoms with Gasteiger partial charge < -0.3 is 10.1 Å². The zero-order valence-corrected chi connectivity index (χ0v) is 13.4. The van der Waals surface area contributed by atoms with E-state index in [0.717, 1.165) is 31.6 Å². The third kappa shape index (κ3) is 2.67. The largest absolute Gasteiger partial charge is 0.493 e. The van der Waals surface area contributed by atoms with Crippen LogP contribution in [0, 0.1) is 0 Å². The van der Waals surface area contributed by atoms with Crippen LogP contribution in [0.5, 0.6) is 5.75 Å². The van der Waals surface area contributed by atoms with E-state index in [1.807, 2.05) is 0 Å². The normalized spacial score (nSPS) is 19.6. The number of benzene rings is 2. The summed E-state index contributed by atoms with van der Waals surface area (Å²) in [5.41, 5.74) is 5.53. The number of hydrogen-bond donors (Lipinski definition) is 1. The molecule has 2 aromatic rings. The third-order valence-corrected chi connectivity index (χ3v) is 4.95. The molecule has 1 aliphatic carbocycles. The van der Waals surface area contributed by atoms with Gasteiger partial charge in [0.1, 0.15) is 5.75 Å². The first-order valence-corrected chi connectivity index (χ1v) is 8.37. The van der Waals surface area contributed by atoms with Crippen molar-refractivity contribution in [3.63, 3.8) is 0 Å². The van der Waals surface area contributed by atoms with Crippen LogP contribution in [0.25, 0.3) is 0 Å². The van der Waals surface area contributed by atoms with E-state index < -0.39 is 0 Å². The summed E-state index contributed by atoms with van der Waals surface area (Å²) in [5, 5.41) is 3.70. The Labute approximate surface area is 133 Å².